The van der Waals surface area contributed by atoms with Gasteiger partial charge in [0.2, 0.25) is 5.78 Å². The Labute approximate surface area is 254 Å². The monoisotopic (exact) mass is 608 g/mol. The average molecular weight is 609 g/mol. The highest BCUT2D eigenvalue weighted by molar-refractivity contribution is 6.01. The molecule has 0 amide bonds. The lowest BCUT2D eigenvalue weighted by Gasteiger charge is -2.62. The average Bonchev–Trinajstić information content (AvgIpc) is 3.13. The molecule has 0 radical (unpaired) electrons. The first-order chi connectivity index (χ1) is 20.0. The fourth-order valence-electron chi connectivity index (χ4n) is 8.60. The van der Waals surface area contributed by atoms with E-state index in [1.807, 2.05) is 20.8 Å². The molecule has 4 aliphatic rings. The number of esters is 1. The second kappa shape index (κ2) is 12.1. The van der Waals surface area contributed by atoms with Crippen molar-refractivity contribution < 1.29 is 47.9 Å². The van der Waals surface area contributed by atoms with Crippen LogP contribution in [-0.4, -0.2) is 91.4 Å². The van der Waals surface area contributed by atoms with E-state index in [1.165, 1.54) is 12.2 Å². The van der Waals surface area contributed by atoms with Crippen molar-refractivity contribution in [1.29, 1.82) is 0 Å². The van der Waals surface area contributed by atoms with Gasteiger partial charge in [-0.3, -0.25) is 9.59 Å². The third kappa shape index (κ3) is 5.45. The van der Waals surface area contributed by atoms with Crippen LogP contribution in [0.1, 0.15) is 67.2 Å². The molecule has 0 aromatic heterocycles. The maximum absolute atomic E-state index is 17.4. The highest BCUT2D eigenvalue weighted by Crippen LogP contribution is 2.70. The number of fused-ring (bicyclic) bond motifs is 5. The van der Waals surface area contributed by atoms with E-state index < -0.39 is 75.8 Å². The van der Waals surface area contributed by atoms with Gasteiger partial charge < -0.3 is 29.2 Å². The zero-order valence-corrected chi connectivity index (χ0v) is 26.6. The van der Waals surface area contributed by atoms with E-state index >= 15 is 4.39 Å². The Morgan fingerprint density at radius 3 is 2.47 bits per heavy atom. The van der Waals surface area contributed by atoms with E-state index in [2.05, 4.69) is 0 Å². The Balaban J connectivity index is 1.50. The van der Waals surface area contributed by atoms with Crippen LogP contribution in [0.3, 0.4) is 0 Å². The van der Waals surface area contributed by atoms with Gasteiger partial charge >= 0.3 is 5.97 Å². The van der Waals surface area contributed by atoms with Crippen molar-refractivity contribution in [3.05, 3.63) is 23.8 Å². The maximum Gasteiger partial charge on any atom is 0.336 e. The van der Waals surface area contributed by atoms with Gasteiger partial charge in [-0.05, 0) is 62.0 Å². The maximum atomic E-state index is 17.4. The number of aliphatic hydroxyl groups excluding tert-OH is 1. The van der Waals surface area contributed by atoms with Crippen LogP contribution in [0.15, 0.2) is 23.8 Å². The van der Waals surface area contributed by atoms with Gasteiger partial charge in [-0.25, -0.2) is 9.18 Å². The number of carbonyl (C=O) groups is 3. The number of Topliss-reactive ketones (excluding diaryl/α,β-unsaturated/α-hetero) is 1. The van der Waals surface area contributed by atoms with E-state index in [0.29, 0.717) is 38.0 Å². The molecule has 2 N–H and O–H groups in total. The first-order valence-electron chi connectivity index (χ1n) is 15.4. The summed E-state index contributed by atoms with van der Waals surface area (Å²) in [5.74, 6) is -3.19. The number of rotatable bonds is 11. The summed E-state index contributed by atoms with van der Waals surface area (Å²) in [5.41, 5.74) is -6.29. The number of ketones is 2. The fourth-order valence-corrected chi connectivity index (χ4v) is 8.60. The fraction of sp³-hybridized carbons (Fsp3) is 0.788. The molecule has 3 saturated carbocycles. The summed E-state index contributed by atoms with van der Waals surface area (Å²) in [6.45, 7) is 11.3. The topological polar surface area (TPSA) is 129 Å². The summed E-state index contributed by atoms with van der Waals surface area (Å²) >= 11 is 0. The Hall–Kier alpha value is -1.98. The van der Waals surface area contributed by atoms with Gasteiger partial charge in [0.15, 0.2) is 24.2 Å². The van der Waals surface area contributed by atoms with Crippen molar-refractivity contribution >= 4 is 17.5 Å². The van der Waals surface area contributed by atoms with Crippen molar-refractivity contribution in [2.75, 3.05) is 40.1 Å². The molecule has 3 fully saturated rings. The number of ether oxygens (including phenoxy) is 4. The molecule has 0 aliphatic heterocycles. The van der Waals surface area contributed by atoms with Crippen molar-refractivity contribution in [2.45, 2.75) is 90.7 Å². The van der Waals surface area contributed by atoms with Crippen molar-refractivity contribution in [1.82, 2.24) is 0 Å². The van der Waals surface area contributed by atoms with E-state index in [9.17, 15) is 24.6 Å². The van der Waals surface area contributed by atoms with Crippen LogP contribution >= 0.6 is 0 Å². The van der Waals surface area contributed by atoms with E-state index in [0.717, 1.165) is 0 Å². The lowest BCUT2D eigenvalue weighted by Crippen LogP contribution is -2.69. The normalized spacial score (nSPS) is 39.4. The molecule has 0 heterocycles. The Kier molecular flexibility index (Phi) is 9.53. The second-order valence-corrected chi connectivity index (χ2v) is 14.4. The molecule has 9 nitrogen and oxygen atoms in total. The van der Waals surface area contributed by atoms with Crippen LogP contribution < -0.4 is 0 Å². The predicted molar refractivity (Wildman–Crippen MR) is 156 cm³/mol. The van der Waals surface area contributed by atoms with Crippen LogP contribution in [0, 0.1) is 34.0 Å². The third-order valence-corrected chi connectivity index (χ3v) is 10.9. The molecule has 10 heteroatoms. The van der Waals surface area contributed by atoms with Crippen molar-refractivity contribution in [2.24, 2.45) is 34.0 Å². The molecule has 0 bridgehead atoms. The molecular formula is C33H49FO9. The number of alkyl halides is 1. The predicted octanol–water partition coefficient (Wildman–Crippen LogP) is 3.54. The van der Waals surface area contributed by atoms with Gasteiger partial charge in [0.25, 0.3) is 0 Å². The van der Waals surface area contributed by atoms with Gasteiger partial charge in [-0.15, -0.1) is 0 Å². The van der Waals surface area contributed by atoms with Gasteiger partial charge in [0.1, 0.15) is 5.60 Å². The minimum Gasteiger partial charge on any atom is -0.456 e. The number of hydrogen-bond donors (Lipinski definition) is 2. The van der Waals surface area contributed by atoms with Gasteiger partial charge in [0, 0.05) is 23.9 Å². The highest BCUT2D eigenvalue weighted by atomic mass is 19.1. The summed E-state index contributed by atoms with van der Waals surface area (Å²) < 4.78 is 39.0. The van der Waals surface area contributed by atoms with Gasteiger partial charge in [-0.1, -0.05) is 46.3 Å². The van der Waals surface area contributed by atoms with E-state index in [-0.39, 0.29) is 25.4 Å². The molecule has 0 spiro atoms. The molecule has 1 unspecified atom stereocenters. The standard InChI is InChI=1S/C33H49FO9/c1-20-16-24-23-9-8-21-17-22(35)10-11-30(21,5)32(23,34)25(36)18-31(24,6)33(20,39)26(37)19-43-28(38)27(29(2,3)4)42-15-14-41-13-12-40-7/h10-11,17,20,23-25,27,36,39H,8-9,12-16,18-19H2,1-7H3/t20-,23+,24+,25+,27?,30+,31+,32+,33+/m0/s1. The smallest absolute Gasteiger partial charge is 0.336 e. The Morgan fingerprint density at radius 2 is 1.81 bits per heavy atom. The minimum absolute atomic E-state index is 0.138. The van der Waals surface area contributed by atoms with Crippen LogP contribution in [0.5, 0.6) is 0 Å². The Bertz CT molecular complexity index is 1160. The second-order valence-electron chi connectivity index (χ2n) is 14.4. The largest absolute Gasteiger partial charge is 0.456 e. The number of methoxy groups -OCH3 is 1. The number of hydrogen-bond acceptors (Lipinski definition) is 9. The summed E-state index contributed by atoms with van der Waals surface area (Å²) in [7, 11) is 1.57. The number of halogens is 1. The quantitative estimate of drug-likeness (QED) is 0.267. The first kappa shape index (κ1) is 33.9. The van der Waals surface area contributed by atoms with Crippen molar-refractivity contribution in [3.63, 3.8) is 0 Å². The van der Waals surface area contributed by atoms with Crippen LogP contribution in [0.2, 0.25) is 0 Å². The molecule has 4 rings (SSSR count). The molecular weight excluding hydrogens is 559 g/mol. The summed E-state index contributed by atoms with van der Waals surface area (Å²) in [6, 6.07) is 0. The Morgan fingerprint density at radius 1 is 1.14 bits per heavy atom. The van der Waals surface area contributed by atoms with Gasteiger partial charge in [-0.2, -0.15) is 0 Å². The lowest BCUT2D eigenvalue weighted by molar-refractivity contribution is -0.220. The summed E-state index contributed by atoms with van der Waals surface area (Å²) in [4.78, 5) is 39.0. The van der Waals surface area contributed by atoms with E-state index in [1.54, 1.807) is 34.0 Å². The molecule has 9 atom stereocenters. The number of allylic oxidation sites excluding steroid dienone is 4. The summed E-state index contributed by atoms with van der Waals surface area (Å²) in [6.07, 6.45) is 3.08. The zero-order chi connectivity index (χ0) is 32.0. The molecule has 0 aromatic rings. The summed E-state index contributed by atoms with van der Waals surface area (Å²) in [5, 5.41) is 23.7. The van der Waals surface area contributed by atoms with Crippen LogP contribution in [0.25, 0.3) is 0 Å². The molecule has 4 aliphatic carbocycles. The molecule has 0 aromatic carbocycles. The first-order valence-corrected chi connectivity index (χ1v) is 15.4. The highest BCUT2D eigenvalue weighted by Gasteiger charge is 2.75. The van der Waals surface area contributed by atoms with Gasteiger partial charge in [0.05, 0.1) is 32.5 Å². The van der Waals surface area contributed by atoms with Crippen LogP contribution in [-0.2, 0) is 33.3 Å². The minimum atomic E-state index is -2.07. The third-order valence-electron chi connectivity index (χ3n) is 10.9. The molecule has 43 heavy (non-hydrogen) atoms. The number of carbonyl (C=O) groups excluding carboxylic acids is 3. The van der Waals surface area contributed by atoms with Crippen molar-refractivity contribution in [3.8, 4) is 0 Å². The van der Waals surface area contributed by atoms with E-state index in [4.69, 9.17) is 18.9 Å². The van der Waals surface area contributed by atoms with Crippen LogP contribution in [0.4, 0.5) is 4.39 Å². The lowest BCUT2D eigenvalue weighted by atomic mass is 9.44. The molecule has 0 saturated heterocycles. The molecule has 242 valence electrons. The number of aliphatic hydroxyl groups is 2. The SMILES string of the molecule is COCCOCCOC(C(=O)OCC(=O)[C@]1(O)[C@@H](C)C[C@@H]2[C@H]3CCC4=CC(=O)C=C[C@@]4(C)[C@]3(F)[C@H](O)C[C@]21C)C(C)(C)C. The zero-order valence-electron chi connectivity index (χ0n) is 26.6.